The molecule has 0 aliphatic rings. The second kappa shape index (κ2) is 5.96. The minimum atomic E-state index is -0.344. The van der Waals surface area contributed by atoms with Crippen LogP contribution in [0.2, 0.25) is 0 Å². The van der Waals surface area contributed by atoms with Gasteiger partial charge < -0.3 is 10.6 Å². The lowest BCUT2D eigenvalue weighted by Crippen LogP contribution is -2.37. The topological polar surface area (TPSA) is 41.1 Å². The highest BCUT2D eigenvalue weighted by Gasteiger charge is 2.10. The summed E-state index contributed by atoms with van der Waals surface area (Å²) in [6.07, 6.45) is 0.368. The number of carbonyl (C=O) groups excluding carboxylic acids is 1. The first kappa shape index (κ1) is 14.6. The first-order valence-electron chi connectivity index (χ1n) is 6.09. The number of hydrogen-bond donors (Lipinski definition) is 2. The van der Waals surface area contributed by atoms with Gasteiger partial charge in [0.1, 0.15) is 5.82 Å². The van der Waals surface area contributed by atoms with Gasteiger partial charge in [0.25, 0.3) is 0 Å². The fraction of sp³-hybridized carbons (Fsp3) is 0.500. The summed E-state index contributed by atoms with van der Waals surface area (Å²) in [5.74, 6) is -0.454. The Balaban J connectivity index is 2.47. The summed E-state index contributed by atoms with van der Waals surface area (Å²) in [6, 6.07) is 4.37. The molecule has 0 aliphatic carbocycles. The molecule has 1 aromatic carbocycles. The molecule has 0 fully saturated rings. The maximum atomic E-state index is 13.0. The van der Waals surface area contributed by atoms with Gasteiger partial charge in [-0.05, 0) is 45.4 Å². The molecule has 0 radical (unpaired) electrons. The number of aryl methyl sites for hydroxylation is 1. The fourth-order valence-electron chi connectivity index (χ4n) is 1.49. The monoisotopic (exact) mass is 252 g/mol. The zero-order valence-electron chi connectivity index (χ0n) is 11.4. The predicted molar refractivity (Wildman–Crippen MR) is 72.1 cm³/mol. The molecule has 0 unspecified atom stereocenters. The maximum Gasteiger partial charge on any atom is 0.225 e. The van der Waals surface area contributed by atoms with E-state index in [0.29, 0.717) is 18.7 Å². The zero-order chi connectivity index (χ0) is 13.8. The molecular weight excluding hydrogens is 231 g/mol. The number of hydrogen-bond acceptors (Lipinski definition) is 2. The summed E-state index contributed by atoms with van der Waals surface area (Å²) >= 11 is 0. The van der Waals surface area contributed by atoms with Crippen LogP contribution in [0, 0.1) is 12.7 Å². The van der Waals surface area contributed by atoms with Crippen LogP contribution in [0.1, 0.15) is 32.8 Å². The first-order chi connectivity index (χ1) is 8.28. The number of rotatable bonds is 4. The molecular formula is C14H21FN2O. The standard InChI is InChI=1S/C14H21FN2O/c1-10-5-6-11(15)9-12(10)17-13(18)7-8-16-14(2,3)4/h5-6,9,16H,7-8H2,1-4H3,(H,17,18). The quantitative estimate of drug-likeness (QED) is 0.865. The van der Waals surface area contributed by atoms with Gasteiger partial charge >= 0.3 is 0 Å². The smallest absolute Gasteiger partial charge is 0.225 e. The summed E-state index contributed by atoms with van der Waals surface area (Å²) < 4.78 is 13.0. The molecule has 0 bridgehead atoms. The second-order valence-electron chi connectivity index (χ2n) is 5.43. The van der Waals surface area contributed by atoms with Gasteiger partial charge in [0, 0.05) is 24.2 Å². The number of anilines is 1. The van der Waals surface area contributed by atoms with Crippen LogP contribution in [0.5, 0.6) is 0 Å². The van der Waals surface area contributed by atoms with Crippen molar-refractivity contribution in [3.63, 3.8) is 0 Å². The Hall–Kier alpha value is -1.42. The molecule has 1 amide bonds. The van der Waals surface area contributed by atoms with Gasteiger partial charge in [-0.3, -0.25) is 4.79 Å². The van der Waals surface area contributed by atoms with Crippen molar-refractivity contribution in [1.82, 2.24) is 5.32 Å². The molecule has 2 N–H and O–H groups in total. The van der Waals surface area contributed by atoms with Crippen molar-refractivity contribution in [2.75, 3.05) is 11.9 Å². The molecule has 1 rings (SSSR count). The van der Waals surface area contributed by atoms with Gasteiger partial charge in [-0.1, -0.05) is 6.07 Å². The van der Waals surface area contributed by atoms with E-state index in [1.54, 1.807) is 6.07 Å². The highest BCUT2D eigenvalue weighted by molar-refractivity contribution is 5.91. The van der Waals surface area contributed by atoms with E-state index in [-0.39, 0.29) is 17.3 Å². The van der Waals surface area contributed by atoms with Crippen molar-refractivity contribution < 1.29 is 9.18 Å². The maximum absolute atomic E-state index is 13.0. The van der Waals surface area contributed by atoms with E-state index in [4.69, 9.17) is 0 Å². The van der Waals surface area contributed by atoms with Crippen molar-refractivity contribution >= 4 is 11.6 Å². The third-order valence-electron chi connectivity index (χ3n) is 2.48. The lowest BCUT2D eigenvalue weighted by molar-refractivity contribution is -0.116. The average molecular weight is 252 g/mol. The molecule has 100 valence electrons. The van der Waals surface area contributed by atoms with Crippen LogP contribution in [0.4, 0.5) is 10.1 Å². The third kappa shape index (κ3) is 5.27. The molecule has 1 aromatic rings. The van der Waals surface area contributed by atoms with Crippen LogP contribution in [0.25, 0.3) is 0 Å². The summed E-state index contributed by atoms with van der Waals surface area (Å²) in [5.41, 5.74) is 1.39. The largest absolute Gasteiger partial charge is 0.326 e. The zero-order valence-corrected chi connectivity index (χ0v) is 11.4. The van der Waals surface area contributed by atoms with Crippen molar-refractivity contribution in [3.05, 3.63) is 29.6 Å². The molecule has 0 saturated carbocycles. The molecule has 4 heteroatoms. The fourth-order valence-corrected chi connectivity index (χ4v) is 1.49. The predicted octanol–water partition coefficient (Wildman–Crippen LogP) is 2.85. The van der Waals surface area contributed by atoms with Gasteiger partial charge in [-0.25, -0.2) is 4.39 Å². The van der Waals surface area contributed by atoms with Gasteiger partial charge in [0.2, 0.25) is 5.91 Å². The highest BCUT2D eigenvalue weighted by Crippen LogP contribution is 2.16. The van der Waals surface area contributed by atoms with Crippen LogP contribution in [-0.4, -0.2) is 18.0 Å². The SMILES string of the molecule is Cc1ccc(F)cc1NC(=O)CCNC(C)(C)C. The van der Waals surface area contributed by atoms with Crippen LogP contribution in [0.15, 0.2) is 18.2 Å². The van der Waals surface area contributed by atoms with Crippen molar-refractivity contribution in [2.24, 2.45) is 0 Å². The van der Waals surface area contributed by atoms with Crippen LogP contribution >= 0.6 is 0 Å². The van der Waals surface area contributed by atoms with Crippen molar-refractivity contribution in [3.8, 4) is 0 Å². The molecule has 0 heterocycles. The highest BCUT2D eigenvalue weighted by atomic mass is 19.1. The van der Waals surface area contributed by atoms with E-state index in [2.05, 4.69) is 10.6 Å². The van der Waals surface area contributed by atoms with Crippen molar-refractivity contribution in [1.29, 1.82) is 0 Å². The normalized spacial score (nSPS) is 11.4. The number of carbonyl (C=O) groups is 1. The Morgan fingerprint density at radius 2 is 2.00 bits per heavy atom. The Bertz CT molecular complexity index is 424. The lowest BCUT2D eigenvalue weighted by Gasteiger charge is -2.20. The van der Waals surface area contributed by atoms with Crippen LogP contribution < -0.4 is 10.6 Å². The van der Waals surface area contributed by atoms with E-state index >= 15 is 0 Å². The van der Waals surface area contributed by atoms with E-state index < -0.39 is 0 Å². The Labute approximate surface area is 108 Å². The Kier molecular flexibility index (Phi) is 4.84. The van der Waals surface area contributed by atoms with Gasteiger partial charge in [0.15, 0.2) is 0 Å². The minimum Gasteiger partial charge on any atom is -0.326 e. The van der Waals surface area contributed by atoms with Gasteiger partial charge in [-0.15, -0.1) is 0 Å². The molecule has 0 aromatic heterocycles. The molecule has 18 heavy (non-hydrogen) atoms. The summed E-state index contributed by atoms with van der Waals surface area (Å²) in [6.45, 7) is 8.57. The van der Waals surface area contributed by atoms with E-state index in [1.807, 2.05) is 27.7 Å². The van der Waals surface area contributed by atoms with E-state index in [1.165, 1.54) is 12.1 Å². The van der Waals surface area contributed by atoms with E-state index in [0.717, 1.165) is 5.56 Å². The third-order valence-corrected chi connectivity index (χ3v) is 2.48. The van der Waals surface area contributed by atoms with Gasteiger partial charge in [0.05, 0.1) is 0 Å². The first-order valence-corrected chi connectivity index (χ1v) is 6.09. The minimum absolute atomic E-state index is 0.00491. The molecule has 0 aliphatic heterocycles. The summed E-state index contributed by atoms with van der Waals surface area (Å²) in [5, 5.41) is 5.95. The second-order valence-corrected chi connectivity index (χ2v) is 5.43. The van der Waals surface area contributed by atoms with Crippen molar-refractivity contribution in [2.45, 2.75) is 39.7 Å². The number of amides is 1. The van der Waals surface area contributed by atoms with Crippen LogP contribution in [0.3, 0.4) is 0 Å². The Morgan fingerprint density at radius 3 is 2.61 bits per heavy atom. The molecule has 0 spiro atoms. The summed E-state index contributed by atoms with van der Waals surface area (Å²) in [7, 11) is 0. The molecule has 3 nitrogen and oxygen atoms in total. The lowest BCUT2D eigenvalue weighted by atomic mass is 10.1. The molecule has 0 saturated heterocycles. The number of nitrogens with one attached hydrogen (secondary N) is 2. The van der Waals surface area contributed by atoms with Crippen LogP contribution in [-0.2, 0) is 4.79 Å². The average Bonchev–Trinajstić information content (AvgIpc) is 2.21. The summed E-state index contributed by atoms with van der Waals surface area (Å²) in [4.78, 5) is 11.7. The molecule has 0 atom stereocenters. The van der Waals surface area contributed by atoms with E-state index in [9.17, 15) is 9.18 Å². The number of halogens is 1. The number of benzene rings is 1. The van der Waals surface area contributed by atoms with Gasteiger partial charge in [-0.2, -0.15) is 0 Å². The Morgan fingerprint density at radius 1 is 1.33 bits per heavy atom.